The van der Waals surface area contributed by atoms with Crippen molar-refractivity contribution in [2.75, 3.05) is 6.61 Å². The number of ether oxygens (including phenoxy) is 5. The molecule has 0 amide bonds. The first-order valence-electron chi connectivity index (χ1n) is 11.2. The zero-order chi connectivity index (χ0) is 22.5. The van der Waals surface area contributed by atoms with Gasteiger partial charge in [-0.25, -0.2) is 4.39 Å². The lowest BCUT2D eigenvalue weighted by Gasteiger charge is -2.47. The van der Waals surface area contributed by atoms with E-state index in [1.165, 1.54) is 0 Å². The van der Waals surface area contributed by atoms with Gasteiger partial charge in [-0.05, 0) is 11.1 Å². The molecule has 0 unspecified atom stereocenters. The average Bonchev–Trinajstić information content (AvgIpc) is 2.88. The maximum Gasteiger partial charge on any atom is 0.192 e. The molecule has 0 spiro atoms. The average molecular weight is 451 g/mol. The minimum atomic E-state index is -1.52. The van der Waals surface area contributed by atoms with Crippen LogP contribution in [0.3, 0.4) is 0 Å². The Morgan fingerprint density at radius 3 is 1.94 bits per heavy atom. The van der Waals surface area contributed by atoms with Crippen LogP contribution in [0, 0.1) is 0 Å². The minimum Gasteiger partial charge on any atom is -0.367 e. The fraction of sp³-hybridized carbons (Fsp3) is 0.333. The Balaban J connectivity index is 1.32. The number of halogens is 1. The van der Waals surface area contributed by atoms with Crippen molar-refractivity contribution in [2.24, 2.45) is 0 Å². The fourth-order valence-electron chi connectivity index (χ4n) is 4.16. The van der Waals surface area contributed by atoms with E-state index in [9.17, 15) is 0 Å². The van der Waals surface area contributed by atoms with Crippen LogP contribution in [0.1, 0.15) is 23.0 Å². The van der Waals surface area contributed by atoms with E-state index < -0.39 is 37.1 Å². The Morgan fingerprint density at radius 2 is 1.30 bits per heavy atom. The quantitative estimate of drug-likeness (QED) is 0.509. The predicted molar refractivity (Wildman–Crippen MR) is 120 cm³/mol. The largest absolute Gasteiger partial charge is 0.367 e. The lowest BCUT2D eigenvalue weighted by Crippen LogP contribution is -2.61. The maximum absolute atomic E-state index is 15.7. The zero-order valence-electron chi connectivity index (χ0n) is 18.2. The summed E-state index contributed by atoms with van der Waals surface area (Å²) < 4.78 is 45.7. The summed E-state index contributed by atoms with van der Waals surface area (Å²) in [6.07, 6.45) is -5.19. The van der Waals surface area contributed by atoms with E-state index in [0.717, 1.165) is 16.7 Å². The van der Waals surface area contributed by atoms with E-state index in [1.807, 2.05) is 91.0 Å². The van der Waals surface area contributed by atoms with E-state index in [4.69, 9.17) is 23.7 Å². The van der Waals surface area contributed by atoms with Gasteiger partial charge in [0.1, 0.15) is 18.3 Å². The highest BCUT2D eigenvalue weighted by Gasteiger charge is 2.51. The molecule has 0 aromatic heterocycles. The van der Waals surface area contributed by atoms with Crippen LogP contribution in [0.5, 0.6) is 0 Å². The summed E-state index contributed by atoms with van der Waals surface area (Å²) in [5, 5.41) is 0. The van der Waals surface area contributed by atoms with E-state index in [1.54, 1.807) is 0 Å². The Hall–Kier alpha value is -2.61. The molecule has 2 aliphatic heterocycles. The summed E-state index contributed by atoms with van der Waals surface area (Å²) in [4.78, 5) is 0. The molecule has 5 nitrogen and oxygen atoms in total. The molecule has 0 aliphatic carbocycles. The van der Waals surface area contributed by atoms with Gasteiger partial charge in [0, 0.05) is 5.56 Å². The molecule has 3 aromatic rings. The van der Waals surface area contributed by atoms with Gasteiger partial charge in [-0.1, -0.05) is 91.0 Å². The van der Waals surface area contributed by atoms with Gasteiger partial charge in [0.25, 0.3) is 0 Å². The molecule has 0 N–H and O–H groups in total. The van der Waals surface area contributed by atoms with E-state index in [2.05, 4.69) is 0 Å². The molecule has 2 aliphatic rings. The van der Waals surface area contributed by atoms with Gasteiger partial charge in [-0.2, -0.15) is 0 Å². The molecule has 172 valence electrons. The fourth-order valence-corrected chi connectivity index (χ4v) is 4.16. The molecule has 2 heterocycles. The van der Waals surface area contributed by atoms with Gasteiger partial charge < -0.3 is 23.7 Å². The number of fused-ring (bicyclic) bond motifs is 1. The van der Waals surface area contributed by atoms with Crippen LogP contribution in [-0.2, 0) is 36.9 Å². The summed E-state index contributed by atoms with van der Waals surface area (Å²) in [5.41, 5.74) is 2.77. The Bertz CT molecular complexity index is 987. The molecular weight excluding hydrogens is 423 g/mol. The molecule has 3 aromatic carbocycles. The number of hydrogen-bond acceptors (Lipinski definition) is 5. The highest BCUT2D eigenvalue weighted by molar-refractivity contribution is 5.17. The summed E-state index contributed by atoms with van der Waals surface area (Å²) in [5.74, 6) is 0. The van der Waals surface area contributed by atoms with E-state index >= 15 is 4.39 Å². The molecule has 0 saturated carbocycles. The van der Waals surface area contributed by atoms with Crippen molar-refractivity contribution >= 4 is 0 Å². The molecule has 33 heavy (non-hydrogen) atoms. The predicted octanol–water partition coefficient (Wildman–Crippen LogP) is 4.97. The third kappa shape index (κ3) is 5.32. The monoisotopic (exact) mass is 450 g/mol. The van der Waals surface area contributed by atoms with Crippen LogP contribution < -0.4 is 0 Å². The molecule has 0 radical (unpaired) electrons. The second-order valence-corrected chi connectivity index (χ2v) is 8.22. The summed E-state index contributed by atoms with van der Waals surface area (Å²) in [6.45, 7) is 0.761. The van der Waals surface area contributed by atoms with Crippen molar-refractivity contribution in [3.63, 3.8) is 0 Å². The molecular formula is C27H27FO5. The van der Waals surface area contributed by atoms with Crippen molar-refractivity contribution < 1.29 is 28.1 Å². The number of benzene rings is 3. The van der Waals surface area contributed by atoms with Crippen LogP contribution in [0.2, 0.25) is 0 Å². The highest BCUT2D eigenvalue weighted by atomic mass is 19.1. The summed E-state index contributed by atoms with van der Waals surface area (Å²) in [7, 11) is 0. The van der Waals surface area contributed by atoms with Crippen LogP contribution in [0.15, 0.2) is 91.0 Å². The Kier molecular flexibility index (Phi) is 7.09. The number of hydrogen-bond donors (Lipinski definition) is 0. The van der Waals surface area contributed by atoms with Gasteiger partial charge in [-0.15, -0.1) is 0 Å². The lowest BCUT2D eigenvalue weighted by atomic mass is 9.98. The first-order chi connectivity index (χ1) is 16.3. The summed E-state index contributed by atoms with van der Waals surface area (Å²) >= 11 is 0. The second-order valence-electron chi connectivity index (χ2n) is 8.22. The maximum atomic E-state index is 15.7. The van der Waals surface area contributed by atoms with Gasteiger partial charge >= 0.3 is 0 Å². The molecule has 0 bridgehead atoms. The smallest absolute Gasteiger partial charge is 0.192 e. The van der Waals surface area contributed by atoms with Gasteiger partial charge in [-0.3, -0.25) is 0 Å². The zero-order valence-corrected chi connectivity index (χ0v) is 18.2. The third-order valence-electron chi connectivity index (χ3n) is 5.88. The van der Waals surface area contributed by atoms with Gasteiger partial charge in [0.2, 0.25) is 0 Å². The molecule has 2 saturated heterocycles. The van der Waals surface area contributed by atoms with Crippen molar-refractivity contribution in [2.45, 2.75) is 50.3 Å². The SMILES string of the molecule is F[C@H]1[C@H](OCc2ccccc2)O[C@@H]2CO[C@@H](c3ccccc3)O[C@H]2[C@@H]1OCc1ccccc1. The van der Waals surface area contributed by atoms with E-state index in [-0.39, 0.29) is 19.8 Å². The van der Waals surface area contributed by atoms with Crippen LogP contribution in [0.25, 0.3) is 0 Å². The molecule has 6 atom stereocenters. The van der Waals surface area contributed by atoms with Crippen molar-refractivity contribution in [1.82, 2.24) is 0 Å². The summed E-state index contributed by atoms with van der Waals surface area (Å²) in [6, 6.07) is 28.9. The van der Waals surface area contributed by atoms with Crippen LogP contribution in [0.4, 0.5) is 4.39 Å². The van der Waals surface area contributed by atoms with Gasteiger partial charge in [0.05, 0.1) is 19.8 Å². The van der Waals surface area contributed by atoms with E-state index in [0.29, 0.717) is 0 Å². The first-order valence-corrected chi connectivity index (χ1v) is 11.2. The van der Waals surface area contributed by atoms with Crippen LogP contribution >= 0.6 is 0 Å². The Morgan fingerprint density at radius 1 is 0.727 bits per heavy atom. The van der Waals surface area contributed by atoms with Crippen molar-refractivity contribution in [3.8, 4) is 0 Å². The van der Waals surface area contributed by atoms with Crippen molar-refractivity contribution in [3.05, 3.63) is 108 Å². The first kappa shape index (κ1) is 22.2. The standard InChI is InChI=1S/C27H27FO5/c28-23-25(29-16-19-10-4-1-5-11-19)24-22(18-31-26(33-24)21-14-8-3-9-15-21)32-27(23)30-17-20-12-6-2-7-13-20/h1-15,22-27H,16-18H2/t22-,23-,24-,25-,26-,27-/m1/s1. The number of rotatable bonds is 7. The highest BCUT2D eigenvalue weighted by Crippen LogP contribution is 2.37. The molecule has 5 rings (SSSR count). The van der Waals surface area contributed by atoms with Crippen LogP contribution in [-0.4, -0.2) is 37.4 Å². The number of alkyl halides is 1. The molecule has 6 heteroatoms. The minimum absolute atomic E-state index is 0.239. The Labute approximate surface area is 193 Å². The third-order valence-corrected chi connectivity index (χ3v) is 5.88. The van der Waals surface area contributed by atoms with Crippen molar-refractivity contribution in [1.29, 1.82) is 0 Å². The molecule has 2 fully saturated rings. The second kappa shape index (κ2) is 10.5. The van der Waals surface area contributed by atoms with Gasteiger partial charge in [0.15, 0.2) is 18.8 Å². The lowest BCUT2D eigenvalue weighted by molar-refractivity contribution is -0.360. The normalized spacial score (nSPS) is 29.4. The topological polar surface area (TPSA) is 46.2 Å².